The Kier molecular flexibility index (Phi) is 14.3. The number of aryl methyl sites for hydroxylation is 2. The van der Waals surface area contributed by atoms with E-state index in [1.807, 2.05) is 25.2 Å². The molecule has 3 aromatic carbocycles. The highest BCUT2D eigenvalue weighted by Crippen LogP contribution is 2.49. The molecule has 9 N–H and O–H groups in total. The van der Waals surface area contributed by atoms with Crippen molar-refractivity contribution >= 4 is 54.0 Å². The van der Waals surface area contributed by atoms with E-state index in [9.17, 15) is 29.2 Å². The molecular weight excluding hydrogens is 984 g/mol. The van der Waals surface area contributed by atoms with Crippen LogP contribution in [-0.4, -0.2) is 134 Å². The molecule has 8 heterocycles. The molecule has 0 radical (unpaired) electrons. The number of anilines is 3. The highest BCUT2D eigenvalue weighted by Gasteiger charge is 2.46. The number of unbranched alkanes of at least 4 members (excludes halogenated alkanes) is 3. The lowest BCUT2D eigenvalue weighted by molar-refractivity contribution is -0.121. The highest BCUT2D eigenvalue weighted by atomic mass is 31.2. The monoisotopic (exact) mass is 1050 g/mol. The van der Waals surface area contributed by atoms with Gasteiger partial charge >= 0.3 is 7.82 Å². The van der Waals surface area contributed by atoms with Gasteiger partial charge in [-0.05, 0) is 87.1 Å². The van der Waals surface area contributed by atoms with Crippen LogP contribution in [0, 0.1) is 0 Å². The average Bonchev–Trinajstić information content (AvgIpc) is 3.90. The van der Waals surface area contributed by atoms with Crippen molar-refractivity contribution in [1.82, 2.24) is 34.3 Å². The molecule has 0 bridgehead atoms. The predicted octanol–water partition coefficient (Wildman–Crippen LogP) is 2.51. The Balaban J connectivity index is 0.707. The Morgan fingerprint density at radius 1 is 0.920 bits per heavy atom. The number of benzene rings is 3. The molecule has 0 saturated carbocycles. The van der Waals surface area contributed by atoms with Gasteiger partial charge in [0.1, 0.15) is 42.9 Å². The van der Waals surface area contributed by atoms with Crippen molar-refractivity contribution in [2.75, 3.05) is 75.4 Å². The number of hydrogen-bond acceptors (Lipinski definition) is 14. The van der Waals surface area contributed by atoms with Gasteiger partial charge in [0.05, 0.1) is 12.2 Å². The number of ether oxygens (including phenoxy) is 2. The van der Waals surface area contributed by atoms with Crippen LogP contribution in [0.2, 0.25) is 0 Å². The maximum Gasteiger partial charge on any atom is 0.469 e. The SMILES string of the molecule is CN(CCCC(=O)NCCCCCCNc1nc2c(=O)[nH]c(N)nc2n1[C@@H]1O[C@H](COP(=O)(O)O)[C@@H](O)[C@H]1O)C(=O)c1ccccc1C1=c2cc3c4c(c2Oc2c1cc1c5c2CCCN5CCC1)CCC[N+]=4CCC3. The Morgan fingerprint density at radius 2 is 1.67 bits per heavy atom. The normalized spacial score (nSPS) is 20.5. The molecule has 6 aliphatic rings. The topological polar surface area (TPSA) is 283 Å². The molecule has 11 rings (SSSR count). The number of aromatic amines is 1. The number of hydrogen-bond donors (Lipinski definition) is 8. The fourth-order valence-electron chi connectivity index (χ4n) is 12.2. The van der Waals surface area contributed by atoms with Gasteiger partial charge in [-0.3, -0.25) is 28.5 Å². The van der Waals surface area contributed by atoms with E-state index in [0.29, 0.717) is 38.0 Å². The molecule has 1 saturated heterocycles. The maximum absolute atomic E-state index is 14.6. The number of carbonyl (C=O) groups is 2. The van der Waals surface area contributed by atoms with Crippen LogP contribution < -0.4 is 46.7 Å². The second-order valence-corrected chi connectivity index (χ2v) is 21.9. The van der Waals surface area contributed by atoms with Gasteiger partial charge < -0.3 is 55.6 Å². The van der Waals surface area contributed by atoms with E-state index in [2.05, 4.69) is 57.8 Å². The summed E-state index contributed by atoms with van der Waals surface area (Å²) in [5.41, 5.74) is 15.4. The van der Waals surface area contributed by atoms with E-state index < -0.39 is 44.5 Å². The third-order valence-electron chi connectivity index (χ3n) is 15.6. The first-order valence-electron chi connectivity index (χ1n) is 26.5. The fourth-order valence-corrected chi connectivity index (χ4v) is 12.6. The molecule has 0 aliphatic carbocycles. The fraction of sp³-hybridized carbons (Fsp3) is 0.509. The summed E-state index contributed by atoms with van der Waals surface area (Å²) in [4.78, 5) is 73.9. The lowest BCUT2D eigenvalue weighted by Crippen LogP contribution is -2.45. The number of rotatable bonds is 18. The molecule has 0 spiro atoms. The van der Waals surface area contributed by atoms with Crippen LogP contribution in [0.25, 0.3) is 16.7 Å². The lowest BCUT2D eigenvalue weighted by atomic mass is 9.81. The Bertz CT molecular complexity index is 3310. The van der Waals surface area contributed by atoms with Gasteiger partial charge in [0, 0.05) is 97.8 Å². The number of nitrogen functional groups attached to an aromatic ring is 1. The molecule has 21 nitrogen and oxygen atoms in total. The number of carbonyl (C=O) groups excluding carboxylic acids is 2. The summed E-state index contributed by atoms with van der Waals surface area (Å²) in [6.45, 7) is 4.83. The second kappa shape index (κ2) is 21.1. The van der Waals surface area contributed by atoms with Crippen molar-refractivity contribution in [3.63, 3.8) is 0 Å². The number of nitrogens with two attached hydrogens (primary N) is 1. The number of phosphoric ester groups is 1. The standard InChI is InChI=1S/C53H65N10O11P/c1-60(22-12-19-39(64)55-20-6-2-3-7-21-56-53-57-41-48(58-52(54)59-49(41)67)63(53)51-45(66)44(65)38(73-51)29-72-75(69,70)71)50(68)33-16-5-4-15-32(33)40-36-27-30-13-8-23-61-25-10-17-34(42(30)61)46(36)74-47-35-18-11-26-62-24-9-14-31(43(35)62)28-37(40)47/h4-5,15-16,27-28,38,44-45,51,65-66H,2-3,6-14,17-26,29H2,1H3,(H6,54,55,59,64,67,68,69,70,71)/p+1/t38-,44-,45-,51-/m1/s1. The molecule has 6 aliphatic heterocycles. The van der Waals surface area contributed by atoms with Crippen LogP contribution >= 0.6 is 7.82 Å². The van der Waals surface area contributed by atoms with Crippen LogP contribution in [-0.2, 0) is 44.3 Å². The number of phosphoric acid groups is 1. The quantitative estimate of drug-likeness (QED) is 0.0349. The van der Waals surface area contributed by atoms with Crippen LogP contribution in [0.5, 0.6) is 11.5 Å². The number of aliphatic hydroxyl groups excluding tert-OH is 2. The van der Waals surface area contributed by atoms with Crippen LogP contribution in [0.3, 0.4) is 0 Å². The average molecular weight is 1050 g/mol. The number of aromatic nitrogens is 4. The largest absolute Gasteiger partial charge is 0.469 e. The Labute approximate surface area is 432 Å². The van der Waals surface area contributed by atoms with E-state index in [1.54, 1.807) is 4.90 Å². The van der Waals surface area contributed by atoms with Gasteiger partial charge in [0.2, 0.25) is 23.2 Å². The van der Waals surface area contributed by atoms with Crippen LogP contribution in [0.15, 0.2) is 41.2 Å². The molecule has 1 fully saturated rings. The van der Waals surface area contributed by atoms with Crippen molar-refractivity contribution < 1.29 is 48.2 Å². The van der Waals surface area contributed by atoms with E-state index in [-0.39, 0.29) is 41.3 Å². The summed E-state index contributed by atoms with van der Waals surface area (Å²) in [5.74, 6) is 1.61. The Morgan fingerprint density at radius 3 is 2.48 bits per heavy atom. The van der Waals surface area contributed by atoms with Crippen LogP contribution in [0.4, 0.5) is 17.6 Å². The van der Waals surface area contributed by atoms with Gasteiger partial charge in [-0.25, -0.2) is 14.1 Å². The number of amides is 2. The molecule has 75 heavy (non-hydrogen) atoms. The third-order valence-corrected chi connectivity index (χ3v) is 16.1. The Hall–Kier alpha value is -6.19. The van der Waals surface area contributed by atoms with Crippen molar-refractivity contribution in [3.05, 3.63) is 96.3 Å². The maximum atomic E-state index is 14.6. The van der Waals surface area contributed by atoms with Crippen molar-refractivity contribution in [1.29, 1.82) is 0 Å². The summed E-state index contributed by atoms with van der Waals surface area (Å²) in [5, 5.41) is 30.1. The zero-order valence-electron chi connectivity index (χ0n) is 42.2. The van der Waals surface area contributed by atoms with Crippen molar-refractivity contribution in [2.45, 2.75) is 114 Å². The van der Waals surface area contributed by atoms with Gasteiger partial charge in [0.15, 0.2) is 17.4 Å². The zero-order chi connectivity index (χ0) is 52.1. The minimum atomic E-state index is -4.90. The summed E-state index contributed by atoms with van der Waals surface area (Å²) in [6, 6.07) is 12.8. The van der Waals surface area contributed by atoms with Crippen molar-refractivity contribution in [3.8, 4) is 11.5 Å². The van der Waals surface area contributed by atoms with Crippen LogP contribution in [0.1, 0.15) is 114 Å². The number of nitrogens with zero attached hydrogens (tertiary/aromatic N) is 6. The lowest BCUT2D eigenvalue weighted by Gasteiger charge is -2.39. The third kappa shape index (κ3) is 9.95. The van der Waals surface area contributed by atoms with Crippen molar-refractivity contribution in [2.24, 2.45) is 0 Å². The zero-order valence-corrected chi connectivity index (χ0v) is 43.1. The van der Waals surface area contributed by atoms with Gasteiger partial charge in [0.25, 0.3) is 11.5 Å². The van der Waals surface area contributed by atoms with E-state index in [0.717, 1.165) is 130 Å². The molecule has 398 valence electrons. The molecular formula is C53H66N10O11P+. The number of aliphatic hydroxyl groups is 2. The smallest absolute Gasteiger partial charge is 0.455 e. The van der Waals surface area contributed by atoms with E-state index in [4.69, 9.17) is 25.0 Å². The van der Waals surface area contributed by atoms with E-state index >= 15 is 0 Å². The molecule has 4 atom stereocenters. The molecule has 2 aromatic heterocycles. The number of imidazole rings is 1. The summed E-state index contributed by atoms with van der Waals surface area (Å²) < 4.78 is 32.7. The molecule has 2 amide bonds. The minimum absolute atomic E-state index is 0.0372. The number of fused-ring (bicyclic) bond motifs is 5. The second-order valence-electron chi connectivity index (χ2n) is 20.7. The van der Waals surface area contributed by atoms with E-state index in [1.165, 1.54) is 37.9 Å². The summed E-state index contributed by atoms with van der Waals surface area (Å²) in [6.07, 6.45) is 6.24. The molecule has 5 aromatic rings. The first kappa shape index (κ1) is 50.9. The first-order chi connectivity index (χ1) is 36.2. The summed E-state index contributed by atoms with van der Waals surface area (Å²) in [7, 11) is -3.09. The van der Waals surface area contributed by atoms with Gasteiger partial charge in [-0.15, -0.1) is 0 Å². The molecule has 0 unspecified atom stereocenters. The van der Waals surface area contributed by atoms with Gasteiger partial charge in [-0.1, -0.05) is 31.0 Å². The predicted molar refractivity (Wildman–Crippen MR) is 279 cm³/mol. The highest BCUT2D eigenvalue weighted by molar-refractivity contribution is 7.46. The number of nitrogens with one attached hydrogen (secondary N) is 3. The summed E-state index contributed by atoms with van der Waals surface area (Å²) >= 11 is 0. The van der Waals surface area contributed by atoms with Gasteiger partial charge in [-0.2, -0.15) is 4.98 Å². The first-order valence-corrected chi connectivity index (χ1v) is 28.0. The minimum Gasteiger partial charge on any atom is -0.455 e. The molecule has 22 heteroatoms. The number of H-pyrrole nitrogens is 1.